The highest BCUT2D eigenvalue weighted by atomic mass is 79.9. The fourth-order valence-corrected chi connectivity index (χ4v) is 4.34. The molecule has 9 heteroatoms. The van der Waals surface area contributed by atoms with Gasteiger partial charge in [0.25, 0.3) is 0 Å². The third-order valence-electron chi connectivity index (χ3n) is 5.67. The summed E-state index contributed by atoms with van der Waals surface area (Å²) < 4.78 is 2.62. The van der Waals surface area contributed by atoms with Crippen molar-refractivity contribution in [2.75, 3.05) is 18.4 Å². The van der Waals surface area contributed by atoms with Crippen LogP contribution in [0.5, 0.6) is 0 Å². The summed E-state index contributed by atoms with van der Waals surface area (Å²) in [6.07, 6.45) is 7.23. The molecule has 1 aliphatic rings. The van der Waals surface area contributed by atoms with Crippen LogP contribution in [-0.4, -0.2) is 43.7 Å². The molecule has 4 heterocycles. The van der Waals surface area contributed by atoms with E-state index in [2.05, 4.69) is 31.3 Å². The monoisotopic (exact) mass is 506 g/mol. The summed E-state index contributed by atoms with van der Waals surface area (Å²) in [6.45, 7) is 1.92. The van der Waals surface area contributed by atoms with E-state index >= 15 is 0 Å². The Morgan fingerprint density at radius 3 is 2.88 bits per heavy atom. The zero-order valence-corrected chi connectivity index (χ0v) is 19.5. The Morgan fingerprint density at radius 1 is 1.18 bits per heavy atom. The maximum atomic E-state index is 12.5. The third-order valence-corrected chi connectivity index (χ3v) is 6.23. The molecule has 0 radical (unpaired) electrons. The minimum absolute atomic E-state index is 0.132. The van der Waals surface area contributed by atoms with Gasteiger partial charge in [-0.05, 0) is 52.5 Å². The lowest BCUT2D eigenvalue weighted by Gasteiger charge is -2.31. The zero-order chi connectivity index (χ0) is 22.6. The van der Waals surface area contributed by atoms with Crippen LogP contribution in [0.1, 0.15) is 40.4 Å². The van der Waals surface area contributed by atoms with Crippen molar-refractivity contribution in [2.45, 2.75) is 25.3 Å². The number of carbonyl (C=O) groups is 1. The van der Waals surface area contributed by atoms with Crippen LogP contribution in [0.4, 0.5) is 5.82 Å². The quantitative estimate of drug-likeness (QED) is 0.413. The van der Waals surface area contributed by atoms with Crippen molar-refractivity contribution in [2.24, 2.45) is 0 Å². The molecule has 0 spiro atoms. The van der Waals surface area contributed by atoms with Crippen molar-refractivity contribution < 1.29 is 9.63 Å². The van der Waals surface area contributed by atoms with Crippen molar-refractivity contribution in [3.8, 4) is 0 Å². The highest BCUT2D eigenvalue weighted by Gasteiger charge is 2.27. The Hall–Kier alpha value is -3.30. The average molecular weight is 507 g/mol. The van der Waals surface area contributed by atoms with E-state index in [9.17, 15) is 4.79 Å². The predicted molar refractivity (Wildman–Crippen MR) is 128 cm³/mol. The van der Waals surface area contributed by atoms with E-state index in [0.717, 1.165) is 40.0 Å². The molecule has 1 saturated heterocycles. The van der Waals surface area contributed by atoms with Gasteiger partial charge in [0.2, 0.25) is 0 Å². The maximum absolute atomic E-state index is 12.5. The average Bonchev–Trinajstić information content (AvgIpc) is 3.24. The molecule has 1 fully saturated rings. The summed E-state index contributed by atoms with van der Waals surface area (Å²) in [7, 11) is 0. The van der Waals surface area contributed by atoms with E-state index in [0.29, 0.717) is 25.2 Å². The molecule has 1 aliphatic heterocycles. The van der Waals surface area contributed by atoms with Gasteiger partial charge in [0.15, 0.2) is 5.65 Å². The van der Waals surface area contributed by atoms with Crippen LogP contribution in [0.3, 0.4) is 0 Å². The van der Waals surface area contributed by atoms with E-state index in [-0.39, 0.29) is 11.9 Å². The van der Waals surface area contributed by atoms with E-state index in [4.69, 9.17) is 9.82 Å². The first-order valence-corrected chi connectivity index (χ1v) is 11.7. The Bertz CT molecular complexity index is 1250. The Labute approximate surface area is 199 Å². The number of halogens is 1. The lowest BCUT2D eigenvalue weighted by molar-refractivity contribution is -0.123. The molecule has 0 aliphatic carbocycles. The lowest BCUT2D eigenvalue weighted by Crippen LogP contribution is -2.36. The molecular formula is C24H23BrN6O2. The van der Waals surface area contributed by atoms with Crippen LogP contribution >= 0.6 is 15.9 Å². The number of rotatable bonds is 6. The Balaban J connectivity index is 1.36. The third kappa shape index (κ3) is 4.89. The van der Waals surface area contributed by atoms with Crippen LogP contribution in [0.2, 0.25) is 0 Å². The van der Waals surface area contributed by atoms with Gasteiger partial charge in [0, 0.05) is 44.0 Å². The molecule has 33 heavy (non-hydrogen) atoms. The number of hydroxylamine groups is 2. The minimum Gasteiger partial charge on any atom is -0.366 e. The summed E-state index contributed by atoms with van der Waals surface area (Å²) in [6, 6.07) is 15.0. The molecule has 1 aromatic carbocycles. The molecule has 0 saturated carbocycles. The van der Waals surface area contributed by atoms with Gasteiger partial charge in [-0.2, -0.15) is 9.61 Å². The van der Waals surface area contributed by atoms with Crippen molar-refractivity contribution in [3.05, 3.63) is 88.4 Å². The number of benzene rings is 1. The largest absolute Gasteiger partial charge is 0.366 e. The normalized spacial score (nSPS) is 16.6. The summed E-state index contributed by atoms with van der Waals surface area (Å²) in [5.41, 5.74) is 3.31. The van der Waals surface area contributed by atoms with Crippen molar-refractivity contribution in [1.29, 1.82) is 0 Å². The molecule has 4 aromatic rings. The van der Waals surface area contributed by atoms with Crippen LogP contribution in [0.25, 0.3) is 5.65 Å². The number of piperidine rings is 1. The molecule has 1 atom stereocenters. The number of hydrogen-bond donors (Lipinski definition) is 1. The van der Waals surface area contributed by atoms with Gasteiger partial charge >= 0.3 is 5.97 Å². The Kier molecular flexibility index (Phi) is 6.32. The number of carbonyl (C=O) groups excluding carboxylic acids is 1. The fraction of sp³-hybridized carbons (Fsp3) is 0.250. The Morgan fingerprint density at radius 2 is 2.06 bits per heavy atom. The fourth-order valence-electron chi connectivity index (χ4n) is 4.00. The summed E-state index contributed by atoms with van der Waals surface area (Å²) >= 11 is 3.56. The maximum Gasteiger partial charge on any atom is 0.357 e. The van der Waals surface area contributed by atoms with Gasteiger partial charge in [0.1, 0.15) is 5.82 Å². The van der Waals surface area contributed by atoms with Crippen LogP contribution in [-0.2, 0) is 11.4 Å². The number of hydrogen-bond acceptors (Lipinski definition) is 7. The van der Waals surface area contributed by atoms with Gasteiger partial charge in [-0.15, -0.1) is 5.06 Å². The number of fused-ring (bicyclic) bond motifs is 1. The molecule has 0 amide bonds. The number of anilines is 1. The molecule has 0 bridgehead atoms. The first-order chi connectivity index (χ1) is 16.2. The van der Waals surface area contributed by atoms with Gasteiger partial charge in [0.05, 0.1) is 21.9 Å². The number of pyridine rings is 1. The van der Waals surface area contributed by atoms with E-state index in [1.165, 1.54) is 0 Å². The minimum atomic E-state index is -0.336. The second-order valence-electron chi connectivity index (χ2n) is 7.98. The predicted octanol–water partition coefficient (Wildman–Crippen LogP) is 4.45. The van der Waals surface area contributed by atoms with E-state index in [1.807, 2.05) is 42.6 Å². The molecule has 168 valence electrons. The zero-order valence-electron chi connectivity index (χ0n) is 17.9. The number of aromatic nitrogens is 4. The summed E-state index contributed by atoms with van der Waals surface area (Å²) in [5, 5.41) is 9.67. The highest BCUT2D eigenvalue weighted by molar-refractivity contribution is 9.10. The SMILES string of the molecule is O=C(ON1CCCC(c2cc(NCc3cccnc3)n3ncc(Br)c3n2)C1)c1ccccc1. The van der Waals surface area contributed by atoms with Crippen LogP contribution < -0.4 is 5.32 Å². The topological polar surface area (TPSA) is 84.7 Å². The van der Waals surface area contributed by atoms with Crippen LogP contribution in [0, 0.1) is 0 Å². The molecule has 5 rings (SSSR count). The number of nitrogens with zero attached hydrogens (tertiary/aromatic N) is 5. The molecule has 1 unspecified atom stereocenters. The highest BCUT2D eigenvalue weighted by Crippen LogP contribution is 2.30. The second kappa shape index (κ2) is 9.68. The van der Waals surface area contributed by atoms with E-state index < -0.39 is 0 Å². The standard InChI is InChI=1S/C24H23BrN6O2/c25-20-15-28-31-22(27-14-17-6-4-10-26-13-17)12-21(29-23(20)31)19-9-5-11-30(16-19)33-24(32)18-7-2-1-3-8-18/h1-4,6-8,10,12-13,15,19,27H,5,9,11,14,16H2. The van der Waals surface area contributed by atoms with Gasteiger partial charge in [-0.3, -0.25) is 4.98 Å². The summed E-state index contributed by atoms with van der Waals surface area (Å²) in [5.74, 6) is 0.646. The van der Waals surface area contributed by atoms with Gasteiger partial charge in [-0.25, -0.2) is 9.78 Å². The van der Waals surface area contributed by atoms with Crippen molar-refractivity contribution in [1.82, 2.24) is 24.6 Å². The van der Waals surface area contributed by atoms with Gasteiger partial charge < -0.3 is 10.2 Å². The smallest absolute Gasteiger partial charge is 0.357 e. The van der Waals surface area contributed by atoms with Crippen molar-refractivity contribution >= 4 is 33.4 Å². The van der Waals surface area contributed by atoms with Crippen LogP contribution in [0.15, 0.2) is 71.6 Å². The molecule has 1 N–H and O–H groups in total. The lowest BCUT2D eigenvalue weighted by atomic mass is 9.95. The van der Waals surface area contributed by atoms with E-state index in [1.54, 1.807) is 34.1 Å². The molecule has 8 nitrogen and oxygen atoms in total. The second-order valence-corrected chi connectivity index (χ2v) is 8.84. The van der Waals surface area contributed by atoms with Crippen molar-refractivity contribution in [3.63, 3.8) is 0 Å². The molecular weight excluding hydrogens is 484 g/mol. The first-order valence-electron chi connectivity index (χ1n) is 10.9. The first kappa shape index (κ1) is 21.5. The number of nitrogens with one attached hydrogen (secondary N) is 1. The molecule has 3 aromatic heterocycles. The summed E-state index contributed by atoms with van der Waals surface area (Å²) in [4.78, 5) is 27.2. The van der Waals surface area contributed by atoms with Gasteiger partial charge in [-0.1, -0.05) is 24.3 Å².